The van der Waals surface area contributed by atoms with Crippen molar-refractivity contribution < 1.29 is 19.7 Å². The average molecular weight is 375 g/mol. The molecule has 7 fully saturated rings. The van der Waals surface area contributed by atoms with Gasteiger partial charge in [-0.15, -0.1) is 0 Å². The molecule has 4 nitrogen and oxygen atoms in total. The molecule has 1 unspecified atom stereocenters. The summed E-state index contributed by atoms with van der Waals surface area (Å²) in [6.07, 6.45) is 14.8. The summed E-state index contributed by atoms with van der Waals surface area (Å²) in [5.41, 5.74) is -0.648. The van der Waals surface area contributed by atoms with Gasteiger partial charge in [0.15, 0.2) is 5.79 Å². The average Bonchev–Trinajstić information content (AvgIpc) is 3.26. The van der Waals surface area contributed by atoms with E-state index in [1.54, 1.807) is 0 Å². The van der Waals surface area contributed by atoms with Crippen molar-refractivity contribution in [3.63, 3.8) is 0 Å². The molecule has 1 spiro atoms. The number of ether oxygens (including phenoxy) is 2. The van der Waals surface area contributed by atoms with Crippen LogP contribution in [0, 0.1) is 35.0 Å². The molecule has 0 aromatic rings. The van der Waals surface area contributed by atoms with Crippen LogP contribution in [-0.2, 0) is 9.47 Å². The Kier molecular flexibility index (Phi) is 3.75. The highest BCUT2D eigenvalue weighted by Crippen LogP contribution is 2.61. The van der Waals surface area contributed by atoms with E-state index in [-0.39, 0.29) is 17.3 Å². The predicted molar refractivity (Wildman–Crippen MR) is 101 cm³/mol. The largest absolute Gasteiger partial charge is 0.388 e. The summed E-state index contributed by atoms with van der Waals surface area (Å²) in [6.45, 7) is 1.42. The van der Waals surface area contributed by atoms with Crippen LogP contribution in [0.5, 0.6) is 0 Å². The van der Waals surface area contributed by atoms with Crippen LogP contribution in [0.3, 0.4) is 0 Å². The topological polar surface area (TPSA) is 58.9 Å². The van der Waals surface area contributed by atoms with Crippen molar-refractivity contribution >= 4 is 0 Å². The Morgan fingerprint density at radius 1 is 0.778 bits per heavy atom. The van der Waals surface area contributed by atoms with Crippen LogP contribution in [0.1, 0.15) is 64.2 Å². The van der Waals surface area contributed by atoms with E-state index in [1.165, 1.54) is 38.5 Å². The number of hydrogen-bond acceptors (Lipinski definition) is 4. The first-order valence-corrected chi connectivity index (χ1v) is 11.3. The van der Waals surface area contributed by atoms with E-state index >= 15 is 0 Å². The summed E-state index contributed by atoms with van der Waals surface area (Å²) in [7, 11) is 0. The molecule has 0 aromatic carbocycles. The van der Waals surface area contributed by atoms with Crippen LogP contribution in [-0.4, -0.2) is 40.9 Å². The van der Waals surface area contributed by atoms with E-state index in [2.05, 4.69) is 0 Å². The number of rotatable bonds is 3. The first-order valence-electron chi connectivity index (χ1n) is 11.3. The van der Waals surface area contributed by atoms with E-state index in [0.717, 1.165) is 43.4 Å². The first kappa shape index (κ1) is 17.4. The lowest BCUT2D eigenvalue weighted by Gasteiger charge is -2.58. The second-order valence-electron chi connectivity index (χ2n) is 11.1. The third kappa shape index (κ3) is 2.78. The van der Waals surface area contributed by atoms with Crippen molar-refractivity contribution in [2.24, 2.45) is 35.0 Å². The zero-order chi connectivity index (χ0) is 18.3. The molecule has 0 aromatic heterocycles. The van der Waals surface area contributed by atoms with Gasteiger partial charge in [-0.1, -0.05) is 12.2 Å². The van der Waals surface area contributed by atoms with Crippen molar-refractivity contribution in [1.82, 2.24) is 0 Å². The summed E-state index contributed by atoms with van der Waals surface area (Å²) >= 11 is 0. The molecule has 6 aliphatic carbocycles. The second kappa shape index (κ2) is 5.81. The maximum absolute atomic E-state index is 11.2. The number of hydrogen-bond donors (Lipinski definition) is 2. The molecule has 0 amide bonds. The highest BCUT2D eigenvalue weighted by atomic mass is 16.7. The van der Waals surface area contributed by atoms with Gasteiger partial charge in [0.2, 0.25) is 0 Å². The van der Waals surface area contributed by atoms with Gasteiger partial charge >= 0.3 is 0 Å². The molecule has 1 saturated heterocycles. The summed E-state index contributed by atoms with van der Waals surface area (Å²) in [6, 6.07) is 0. The summed E-state index contributed by atoms with van der Waals surface area (Å²) in [4.78, 5) is 0. The normalized spacial score (nSPS) is 53.6. The van der Waals surface area contributed by atoms with Crippen LogP contribution < -0.4 is 0 Å². The SMILES string of the molecule is OC(C=C[C@@]1(O)C[C@H]2CC3(C[C@H]2C1)OCCO3)C12CC3CC(CC(C3)C1)C2. The van der Waals surface area contributed by atoms with E-state index in [9.17, 15) is 10.2 Å². The van der Waals surface area contributed by atoms with Gasteiger partial charge in [-0.3, -0.25) is 0 Å². The minimum atomic E-state index is -0.751. The molecule has 6 saturated carbocycles. The van der Waals surface area contributed by atoms with E-state index in [0.29, 0.717) is 25.0 Å². The maximum Gasteiger partial charge on any atom is 0.169 e. The molecule has 7 aliphatic rings. The van der Waals surface area contributed by atoms with Crippen LogP contribution in [0.25, 0.3) is 0 Å². The third-order valence-corrected chi connectivity index (χ3v) is 9.16. The van der Waals surface area contributed by atoms with Crippen molar-refractivity contribution in [2.45, 2.75) is 81.7 Å². The van der Waals surface area contributed by atoms with Gasteiger partial charge in [0.05, 0.1) is 24.9 Å². The Morgan fingerprint density at radius 3 is 1.81 bits per heavy atom. The minimum absolute atomic E-state index is 0.103. The number of aliphatic hydroxyl groups excluding tert-OH is 1. The molecule has 150 valence electrons. The quantitative estimate of drug-likeness (QED) is 0.743. The Hall–Kier alpha value is -0.420. The van der Waals surface area contributed by atoms with Gasteiger partial charge in [0, 0.05) is 18.3 Å². The first-order chi connectivity index (χ1) is 13.0. The fourth-order valence-corrected chi connectivity index (χ4v) is 8.57. The van der Waals surface area contributed by atoms with Gasteiger partial charge < -0.3 is 19.7 Å². The van der Waals surface area contributed by atoms with Gasteiger partial charge in [-0.25, -0.2) is 0 Å². The molecule has 4 heteroatoms. The maximum atomic E-state index is 11.2. The van der Waals surface area contributed by atoms with Crippen LogP contribution in [0.15, 0.2) is 12.2 Å². The van der Waals surface area contributed by atoms with Crippen molar-refractivity contribution in [3.05, 3.63) is 12.2 Å². The fourth-order valence-electron chi connectivity index (χ4n) is 8.57. The van der Waals surface area contributed by atoms with Crippen molar-refractivity contribution in [3.8, 4) is 0 Å². The minimum Gasteiger partial charge on any atom is -0.388 e. The molecule has 4 bridgehead atoms. The summed E-state index contributed by atoms with van der Waals surface area (Å²) in [5.74, 6) is 3.14. The van der Waals surface area contributed by atoms with Crippen LogP contribution >= 0.6 is 0 Å². The zero-order valence-corrected chi connectivity index (χ0v) is 16.3. The summed E-state index contributed by atoms with van der Waals surface area (Å²) in [5, 5.41) is 22.3. The van der Waals surface area contributed by atoms with Crippen molar-refractivity contribution in [1.29, 1.82) is 0 Å². The monoisotopic (exact) mass is 374 g/mol. The van der Waals surface area contributed by atoms with Gasteiger partial charge in [-0.2, -0.15) is 0 Å². The van der Waals surface area contributed by atoms with E-state index in [1.807, 2.05) is 12.2 Å². The lowest BCUT2D eigenvalue weighted by atomic mass is 9.48. The lowest BCUT2D eigenvalue weighted by molar-refractivity contribution is -0.157. The van der Waals surface area contributed by atoms with Gasteiger partial charge in [0.1, 0.15) is 0 Å². The third-order valence-electron chi connectivity index (χ3n) is 9.16. The molecule has 1 aliphatic heterocycles. The molecule has 1 heterocycles. The number of aliphatic hydroxyl groups is 2. The Labute approximate surface area is 162 Å². The van der Waals surface area contributed by atoms with E-state index in [4.69, 9.17) is 9.47 Å². The highest BCUT2D eigenvalue weighted by Gasteiger charge is 2.56. The second-order valence-corrected chi connectivity index (χ2v) is 11.1. The van der Waals surface area contributed by atoms with Crippen molar-refractivity contribution in [2.75, 3.05) is 13.2 Å². The fraction of sp³-hybridized carbons (Fsp3) is 0.913. The Balaban J connectivity index is 1.14. The molecular weight excluding hydrogens is 340 g/mol. The Morgan fingerprint density at radius 2 is 1.30 bits per heavy atom. The summed E-state index contributed by atoms with van der Waals surface area (Å²) < 4.78 is 11.8. The molecule has 0 radical (unpaired) electrons. The molecular formula is C23H34O4. The Bertz CT molecular complexity index is 583. The number of fused-ring (bicyclic) bond motifs is 1. The molecule has 27 heavy (non-hydrogen) atoms. The molecule has 2 N–H and O–H groups in total. The molecule has 4 atom stereocenters. The van der Waals surface area contributed by atoms with E-state index < -0.39 is 5.60 Å². The van der Waals surface area contributed by atoms with Crippen LogP contribution in [0.4, 0.5) is 0 Å². The smallest absolute Gasteiger partial charge is 0.169 e. The lowest BCUT2D eigenvalue weighted by Crippen LogP contribution is -2.51. The molecule has 7 rings (SSSR count). The van der Waals surface area contributed by atoms with Gasteiger partial charge in [0.25, 0.3) is 0 Å². The highest BCUT2D eigenvalue weighted by molar-refractivity contribution is 5.16. The predicted octanol–water partition coefficient (Wildman–Crippen LogP) is 3.41. The van der Waals surface area contributed by atoms with Crippen LogP contribution in [0.2, 0.25) is 0 Å². The zero-order valence-electron chi connectivity index (χ0n) is 16.3. The standard InChI is InChI=1S/C23H34O4/c24-20(21-8-15-5-16(9-21)7-17(6-15)10-21)1-2-22(25)11-18-13-23(14-19(18)12-22)26-3-4-27-23/h1-2,15-20,24-25H,3-14H2/t15?,16?,17?,18-,19+,20?,21?,22+. The van der Waals surface area contributed by atoms with Gasteiger partial charge in [-0.05, 0) is 81.0 Å².